The van der Waals surface area contributed by atoms with E-state index in [1.807, 2.05) is 13.0 Å². The predicted molar refractivity (Wildman–Crippen MR) is 93.9 cm³/mol. The van der Waals surface area contributed by atoms with E-state index in [4.69, 9.17) is 4.74 Å². The Bertz CT molecular complexity index is 755. The first kappa shape index (κ1) is 17.8. The van der Waals surface area contributed by atoms with Crippen LogP contribution in [0.5, 0.6) is 0 Å². The average Bonchev–Trinajstić information content (AvgIpc) is 3.00. The van der Waals surface area contributed by atoms with Crippen LogP contribution in [0.3, 0.4) is 0 Å². The second-order valence-electron chi connectivity index (χ2n) is 5.12. The molecule has 2 aromatic rings. The number of anilines is 1. The van der Waals surface area contributed by atoms with Crippen molar-refractivity contribution < 1.29 is 14.3 Å². The smallest absolute Gasteiger partial charge is 0.311 e. The van der Waals surface area contributed by atoms with Gasteiger partial charge in [0.05, 0.1) is 13.0 Å². The van der Waals surface area contributed by atoms with E-state index in [1.54, 1.807) is 38.6 Å². The lowest BCUT2D eigenvalue weighted by molar-refractivity contribution is -0.142. The summed E-state index contributed by atoms with van der Waals surface area (Å²) in [6, 6.07) is 1.94. The molecule has 0 aliphatic rings. The standard InChI is InChI=1S/C17H19N3O3S/c1-4-23-16(22)8-14-11-19-17(24-14)20(3)15(21)6-5-13-7-12(2)9-18-10-13/h5-7,9-11H,4,8H2,1-3H3/b6-5+. The molecule has 0 aromatic carbocycles. The number of amides is 1. The first-order chi connectivity index (χ1) is 11.5. The summed E-state index contributed by atoms with van der Waals surface area (Å²) in [7, 11) is 1.65. The SMILES string of the molecule is CCOC(=O)Cc1cnc(N(C)C(=O)/C=C/c2cncc(C)c2)s1. The Kier molecular flexibility index (Phi) is 6.20. The van der Waals surface area contributed by atoms with Gasteiger partial charge in [0.25, 0.3) is 5.91 Å². The summed E-state index contributed by atoms with van der Waals surface area (Å²) < 4.78 is 4.90. The fourth-order valence-corrected chi connectivity index (χ4v) is 2.79. The number of carbonyl (C=O) groups is 2. The molecule has 0 bridgehead atoms. The summed E-state index contributed by atoms with van der Waals surface area (Å²) >= 11 is 1.29. The quantitative estimate of drug-likeness (QED) is 0.594. The van der Waals surface area contributed by atoms with Gasteiger partial charge in [0.1, 0.15) is 0 Å². The topological polar surface area (TPSA) is 72.4 Å². The number of likely N-dealkylation sites (N-methyl/N-ethyl adjacent to an activating group) is 1. The zero-order valence-corrected chi connectivity index (χ0v) is 14.7. The van der Waals surface area contributed by atoms with E-state index in [9.17, 15) is 9.59 Å². The molecule has 1 amide bonds. The van der Waals surface area contributed by atoms with E-state index in [0.29, 0.717) is 11.7 Å². The maximum absolute atomic E-state index is 12.2. The number of esters is 1. The van der Waals surface area contributed by atoms with Crippen molar-refractivity contribution in [2.45, 2.75) is 20.3 Å². The molecule has 0 saturated carbocycles. The average molecular weight is 345 g/mol. The molecule has 0 fully saturated rings. The van der Waals surface area contributed by atoms with Crippen LogP contribution in [0.4, 0.5) is 5.13 Å². The van der Waals surface area contributed by atoms with Crippen LogP contribution in [0, 0.1) is 6.92 Å². The molecule has 0 spiro atoms. The number of ether oxygens (including phenoxy) is 1. The van der Waals surface area contributed by atoms with Crippen LogP contribution in [-0.2, 0) is 20.7 Å². The molecule has 126 valence electrons. The molecule has 2 heterocycles. The Morgan fingerprint density at radius 1 is 1.33 bits per heavy atom. The fourth-order valence-electron chi connectivity index (χ4n) is 1.93. The molecule has 7 heteroatoms. The second-order valence-corrected chi connectivity index (χ2v) is 6.21. The lowest BCUT2D eigenvalue weighted by Gasteiger charge is -2.10. The third-order valence-corrected chi connectivity index (χ3v) is 4.17. The molecule has 24 heavy (non-hydrogen) atoms. The number of hydrogen-bond donors (Lipinski definition) is 0. The van der Waals surface area contributed by atoms with Crippen LogP contribution < -0.4 is 4.90 Å². The lowest BCUT2D eigenvalue weighted by atomic mass is 10.2. The van der Waals surface area contributed by atoms with Gasteiger partial charge in [-0.1, -0.05) is 0 Å². The Morgan fingerprint density at radius 3 is 2.83 bits per heavy atom. The van der Waals surface area contributed by atoms with Crippen molar-refractivity contribution in [1.82, 2.24) is 9.97 Å². The summed E-state index contributed by atoms with van der Waals surface area (Å²) in [6.45, 7) is 4.05. The summed E-state index contributed by atoms with van der Waals surface area (Å²) in [5.41, 5.74) is 1.89. The van der Waals surface area contributed by atoms with Gasteiger partial charge in [0.15, 0.2) is 5.13 Å². The van der Waals surface area contributed by atoms with Gasteiger partial charge >= 0.3 is 5.97 Å². The minimum absolute atomic E-state index is 0.165. The van der Waals surface area contributed by atoms with Gasteiger partial charge in [-0.05, 0) is 37.1 Å². The summed E-state index contributed by atoms with van der Waals surface area (Å²) in [5, 5.41) is 0.534. The molecule has 2 aromatic heterocycles. The third-order valence-electron chi connectivity index (χ3n) is 3.10. The van der Waals surface area contributed by atoms with Crippen molar-refractivity contribution in [3.8, 4) is 0 Å². The van der Waals surface area contributed by atoms with Crippen molar-refractivity contribution in [2.24, 2.45) is 0 Å². The Morgan fingerprint density at radius 2 is 2.12 bits per heavy atom. The molecular formula is C17H19N3O3S. The predicted octanol–water partition coefficient (Wildman–Crippen LogP) is 2.63. The van der Waals surface area contributed by atoms with Gasteiger partial charge in [-0.15, -0.1) is 11.3 Å². The largest absolute Gasteiger partial charge is 0.466 e. The number of rotatable bonds is 6. The molecule has 0 radical (unpaired) electrons. The third kappa shape index (κ3) is 4.99. The van der Waals surface area contributed by atoms with Crippen molar-refractivity contribution in [2.75, 3.05) is 18.6 Å². The lowest BCUT2D eigenvalue weighted by Crippen LogP contribution is -2.23. The van der Waals surface area contributed by atoms with Crippen molar-refractivity contribution in [1.29, 1.82) is 0 Å². The van der Waals surface area contributed by atoms with Crippen LogP contribution >= 0.6 is 11.3 Å². The normalized spacial score (nSPS) is 10.8. The second kappa shape index (κ2) is 8.35. The maximum Gasteiger partial charge on any atom is 0.311 e. The zero-order valence-electron chi connectivity index (χ0n) is 13.9. The molecule has 0 saturated heterocycles. The van der Waals surface area contributed by atoms with E-state index in [1.165, 1.54) is 22.3 Å². The highest BCUT2D eigenvalue weighted by Gasteiger charge is 2.14. The first-order valence-corrected chi connectivity index (χ1v) is 8.29. The Labute approximate surface area is 144 Å². The number of aromatic nitrogens is 2. The monoisotopic (exact) mass is 345 g/mol. The molecule has 0 N–H and O–H groups in total. The number of aryl methyl sites for hydroxylation is 1. The van der Waals surface area contributed by atoms with E-state index >= 15 is 0 Å². The van der Waals surface area contributed by atoms with Gasteiger partial charge in [0.2, 0.25) is 0 Å². The van der Waals surface area contributed by atoms with Crippen molar-refractivity contribution >= 4 is 34.4 Å². The summed E-state index contributed by atoms with van der Waals surface area (Å²) in [6.07, 6.45) is 8.39. The van der Waals surface area contributed by atoms with E-state index in [0.717, 1.165) is 16.0 Å². The van der Waals surface area contributed by atoms with Crippen molar-refractivity contribution in [3.05, 3.63) is 46.7 Å². The Hall–Kier alpha value is -2.54. The first-order valence-electron chi connectivity index (χ1n) is 7.47. The number of hydrogen-bond acceptors (Lipinski definition) is 6. The number of thiazole rings is 1. The van der Waals surface area contributed by atoms with Gasteiger partial charge in [-0.2, -0.15) is 0 Å². The van der Waals surface area contributed by atoms with Crippen LogP contribution in [0.1, 0.15) is 22.9 Å². The molecule has 0 aliphatic carbocycles. The zero-order chi connectivity index (χ0) is 17.5. The minimum atomic E-state index is -0.298. The highest BCUT2D eigenvalue weighted by molar-refractivity contribution is 7.15. The van der Waals surface area contributed by atoms with Gasteiger partial charge in [-0.3, -0.25) is 19.5 Å². The highest BCUT2D eigenvalue weighted by atomic mass is 32.1. The van der Waals surface area contributed by atoms with Gasteiger partial charge < -0.3 is 4.74 Å². The fraction of sp³-hybridized carbons (Fsp3) is 0.294. The summed E-state index contributed by atoms with van der Waals surface area (Å²) in [4.78, 5) is 34.2. The highest BCUT2D eigenvalue weighted by Crippen LogP contribution is 2.22. The Balaban J connectivity index is 2.00. The van der Waals surface area contributed by atoms with E-state index < -0.39 is 0 Å². The van der Waals surface area contributed by atoms with Crippen LogP contribution in [0.25, 0.3) is 6.08 Å². The molecule has 0 unspecified atom stereocenters. The molecule has 2 rings (SSSR count). The van der Waals surface area contributed by atoms with Crippen LogP contribution in [0.2, 0.25) is 0 Å². The van der Waals surface area contributed by atoms with Crippen LogP contribution in [0.15, 0.2) is 30.7 Å². The van der Waals surface area contributed by atoms with E-state index in [2.05, 4.69) is 9.97 Å². The minimum Gasteiger partial charge on any atom is -0.466 e. The number of carbonyl (C=O) groups excluding carboxylic acids is 2. The molecule has 0 aliphatic heterocycles. The number of pyridine rings is 1. The summed E-state index contributed by atoms with van der Waals surface area (Å²) in [5.74, 6) is -0.498. The van der Waals surface area contributed by atoms with Gasteiger partial charge in [-0.25, -0.2) is 4.98 Å². The molecule has 6 nitrogen and oxygen atoms in total. The van der Waals surface area contributed by atoms with Crippen molar-refractivity contribution in [3.63, 3.8) is 0 Å². The number of nitrogens with zero attached hydrogens (tertiary/aromatic N) is 3. The maximum atomic E-state index is 12.2. The molecule has 0 atom stereocenters. The van der Waals surface area contributed by atoms with Gasteiger partial charge in [0, 0.05) is 36.6 Å². The van der Waals surface area contributed by atoms with E-state index in [-0.39, 0.29) is 18.3 Å². The van der Waals surface area contributed by atoms with Crippen LogP contribution in [-0.4, -0.2) is 35.5 Å². The molecular weight excluding hydrogens is 326 g/mol.